The highest BCUT2D eigenvalue weighted by Crippen LogP contribution is 2.20. The number of aromatic hydroxyl groups is 1. The van der Waals surface area contributed by atoms with Crippen LogP contribution in [-0.4, -0.2) is 50.2 Å². The predicted molar refractivity (Wildman–Crippen MR) is 153 cm³/mol. The van der Waals surface area contributed by atoms with Crippen molar-refractivity contribution in [3.8, 4) is 17.2 Å². The molecule has 0 saturated heterocycles. The number of phenolic OH excluding ortho intramolecular Hbond substituents is 1. The molecule has 38 heavy (non-hydrogen) atoms. The van der Waals surface area contributed by atoms with Gasteiger partial charge in [-0.2, -0.15) is 0 Å². The smallest absolute Gasteiger partial charge is 0.207 e. The summed E-state index contributed by atoms with van der Waals surface area (Å²) in [5.74, 6) is 2.18. The van der Waals surface area contributed by atoms with Gasteiger partial charge in [-0.25, -0.2) is 0 Å². The van der Waals surface area contributed by atoms with Gasteiger partial charge in [0.05, 0.1) is 14.2 Å². The second-order valence-electron chi connectivity index (χ2n) is 8.09. The lowest BCUT2D eigenvalue weighted by Crippen LogP contribution is -2.25. The van der Waals surface area contributed by atoms with Crippen molar-refractivity contribution >= 4 is 23.7 Å². The van der Waals surface area contributed by atoms with E-state index < -0.39 is 0 Å². The van der Waals surface area contributed by atoms with Crippen molar-refractivity contribution in [2.45, 2.75) is 27.2 Å². The summed E-state index contributed by atoms with van der Waals surface area (Å²) < 4.78 is 10.2. The molecule has 0 unspecified atom stereocenters. The fraction of sp³-hybridized carbons (Fsp3) is 0.267. The minimum Gasteiger partial charge on any atom is -0.508 e. The molecule has 8 heteroatoms. The first-order valence-electron chi connectivity index (χ1n) is 12.2. The molecule has 4 rings (SSSR count). The molecule has 0 aliphatic heterocycles. The number of phenols is 1. The number of carbonyl (C=O) groups is 2. The van der Waals surface area contributed by atoms with Crippen LogP contribution in [0.1, 0.15) is 23.7 Å². The Morgan fingerprint density at radius 2 is 1.42 bits per heavy atom. The molecule has 0 spiro atoms. The molecule has 4 N–H and O–H groups in total. The van der Waals surface area contributed by atoms with Crippen LogP contribution in [0.2, 0.25) is 0 Å². The van der Waals surface area contributed by atoms with Crippen molar-refractivity contribution < 1.29 is 24.2 Å². The number of aromatic nitrogens is 1. The number of amides is 2. The van der Waals surface area contributed by atoms with Crippen LogP contribution in [0.15, 0.2) is 72.8 Å². The number of hydrogen-bond acceptors (Lipinski definition) is 5. The third-order valence-electron chi connectivity index (χ3n) is 5.12. The van der Waals surface area contributed by atoms with Crippen molar-refractivity contribution in [1.29, 1.82) is 0 Å². The van der Waals surface area contributed by atoms with Crippen LogP contribution in [-0.2, 0) is 16.0 Å². The van der Waals surface area contributed by atoms with Gasteiger partial charge in [0.25, 0.3) is 0 Å². The number of benzene rings is 3. The van der Waals surface area contributed by atoms with Gasteiger partial charge >= 0.3 is 0 Å². The van der Waals surface area contributed by atoms with E-state index in [4.69, 9.17) is 14.6 Å². The Hall–Kier alpha value is -4.46. The van der Waals surface area contributed by atoms with Crippen molar-refractivity contribution in [2.75, 3.05) is 27.3 Å². The Morgan fingerprint density at radius 3 is 1.95 bits per heavy atom. The normalized spacial score (nSPS) is 9.29. The molecule has 4 aromatic rings. The summed E-state index contributed by atoms with van der Waals surface area (Å²) in [4.78, 5) is 22.3. The van der Waals surface area contributed by atoms with Crippen molar-refractivity contribution in [3.63, 3.8) is 0 Å². The zero-order chi connectivity index (χ0) is 28.2. The maximum absolute atomic E-state index is 9.54. The lowest BCUT2D eigenvalue weighted by molar-refractivity contribution is -0.111. The Labute approximate surface area is 225 Å². The maximum atomic E-state index is 9.54. The zero-order valence-corrected chi connectivity index (χ0v) is 22.8. The number of ether oxygens (including phenoxy) is 2. The minimum absolute atomic E-state index is 0.329. The van der Waals surface area contributed by atoms with Crippen LogP contribution in [0.25, 0.3) is 10.9 Å². The Bertz CT molecular complexity index is 1160. The van der Waals surface area contributed by atoms with Gasteiger partial charge in [0.1, 0.15) is 17.2 Å². The van der Waals surface area contributed by atoms with E-state index in [1.54, 1.807) is 26.4 Å². The third kappa shape index (κ3) is 13.0. The second kappa shape index (κ2) is 18.8. The molecular formula is C30H39N3O5. The predicted octanol–water partition coefficient (Wildman–Crippen LogP) is 4.92. The highest BCUT2D eigenvalue weighted by atomic mass is 16.5. The highest BCUT2D eigenvalue weighted by Gasteiger charge is 1.98. The number of nitrogens with one attached hydrogen (secondary N) is 3. The molecular weight excluding hydrogens is 482 g/mol. The molecule has 8 nitrogen and oxygen atoms in total. The van der Waals surface area contributed by atoms with Crippen molar-refractivity contribution in [2.24, 2.45) is 0 Å². The number of methoxy groups -OCH3 is 2. The van der Waals surface area contributed by atoms with Gasteiger partial charge in [-0.3, -0.25) is 9.59 Å². The van der Waals surface area contributed by atoms with Crippen LogP contribution in [0.5, 0.6) is 17.2 Å². The van der Waals surface area contributed by atoms with E-state index in [2.05, 4.69) is 40.7 Å². The lowest BCUT2D eigenvalue weighted by Gasteiger charge is -2.00. The largest absolute Gasteiger partial charge is 0.508 e. The fourth-order valence-electron chi connectivity index (χ4n) is 3.08. The van der Waals surface area contributed by atoms with Gasteiger partial charge in [-0.05, 0) is 74.4 Å². The van der Waals surface area contributed by atoms with E-state index in [-0.39, 0.29) is 0 Å². The number of hydrogen-bond donors (Lipinski definition) is 4. The van der Waals surface area contributed by atoms with Gasteiger partial charge in [-0.15, -0.1) is 0 Å². The second-order valence-corrected chi connectivity index (χ2v) is 8.09. The van der Waals surface area contributed by atoms with Gasteiger partial charge < -0.3 is 30.2 Å². The zero-order valence-electron chi connectivity index (χ0n) is 22.8. The first-order chi connectivity index (χ1) is 18.4. The van der Waals surface area contributed by atoms with Crippen LogP contribution in [0, 0.1) is 13.8 Å². The Kier molecular flexibility index (Phi) is 15.6. The molecule has 0 aliphatic carbocycles. The topological polar surface area (TPSA) is 113 Å². The summed E-state index contributed by atoms with van der Waals surface area (Å²) in [5, 5.41) is 14.7. The highest BCUT2D eigenvalue weighted by molar-refractivity contribution is 5.81. The molecule has 1 aromatic heterocycles. The van der Waals surface area contributed by atoms with Crippen molar-refractivity contribution in [3.05, 3.63) is 89.6 Å². The summed E-state index contributed by atoms with van der Waals surface area (Å²) in [5.41, 5.74) is 4.83. The average Bonchev–Trinajstić information content (AvgIpc) is 3.33. The molecule has 204 valence electrons. The van der Waals surface area contributed by atoms with Gasteiger partial charge in [0.2, 0.25) is 12.8 Å². The molecule has 0 saturated carbocycles. The van der Waals surface area contributed by atoms with Crippen molar-refractivity contribution in [1.82, 2.24) is 15.6 Å². The molecule has 2 amide bonds. The number of aryl methyl sites for hydroxylation is 3. The van der Waals surface area contributed by atoms with Crippen LogP contribution in [0.4, 0.5) is 0 Å². The van der Waals surface area contributed by atoms with E-state index >= 15 is 0 Å². The monoisotopic (exact) mass is 521 g/mol. The molecule has 0 fully saturated rings. The van der Waals surface area contributed by atoms with Crippen LogP contribution < -0.4 is 20.1 Å². The van der Waals surface area contributed by atoms with Gasteiger partial charge in [0.15, 0.2) is 0 Å². The lowest BCUT2D eigenvalue weighted by atomic mass is 10.2. The third-order valence-corrected chi connectivity index (χ3v) is 5.12. The SMILES string of the molecule is CCc1cccc(OC)c1.COc1ccc2[nH]c(C)cc2c1.Cc1ccc(O)cc1.O=CNCCNC=O. The van der Waals surface area contributed by atoms with Gasteiger partial charge in [0, 0.05) is 29.7 Å². The molecule has 1 heterocycles. The standard InChI is InChI=1S/C10H11NO.C9H12O.C7H8O.C4H8N2O2/c1-7-5-8-6-9(12-2)3-4-10(8)11-7;1-3-8-5-4-6-9(7-8)10-2;1-6-2-4-7(8)5-3-6;7-3-5-1-2-6-4-8/h3-6,11H,1-2H3;4-7H,3H2,1-2H3;2-5,8H,1H3;3-4H,1-2H2,(H,5,7)(H,6,8). The molecule has 3 aromatic carbocycles. The fourth-order valence-corrected chi connectivity index (χ4v) is 3.08. The molecule has 0 aliphatic rings. The van der Waals surface area contributed by atoms with Crippen LogP contribution >= 0.6 is 0 Å². The van der Waals surface area contributed by atoms with E-state index in [0.29, 0.717) is 31.7 Å². The summed E-state index contributed by atoms with van der Waals surface area (Å²) in [6.45, 7) is 7.14. The number of fused-ring (bicyclic) bond motifs is 1. The number of aromatic amines is 1. The average molecular weight is 522 g/mol. The first kappa shape index (κ1) is 31.6. The van der Waals surface area contributed by atoms with E-state index in [9.17, 15) is 9.59 Å². The Morgan fingerprint density at radius 1 is 0.816 bits per heavy atom. The summed E-state index contributed by atoms with van der Waals surface area (Å²) >= 11 is 0. The summed E-state index contributed by atoms with van der Waals surface area (Å²) in [6.07, 6.45) is 2.25. The minimum atomic E-state index is 0.329. The molecule has 0 bridgehead atoms. The van der Waals surface area contributed by atoms with Crippen LogP contribution in [0.3, 0.4) is 0 Å². The number of H-pyrrole nitrogens is 1. The maximum Gasteiger partial charge on any atom is 0.207 e. The first-order valence-corrected chi connectivity index (χ1v) is 12.2. The van der Waals surface area contributed by atoms with E-state index in [1.807, 2.05) is 56.3 Å². The summed E-state index contributed by atoms with van der Waals surface area (Å²) in [7, 11) is 3.37. The number of rotatable bonds is 8. The Balaban J connectivity index is 0.000000258. The molecule has 0 atom stereocenters. The van der Waals surface area contributed by atoms with E-state index in [0.717, 1.165) is 23.4 Å². The van der Waals surface area contributed by atoms with E-state index in [1.165, 1.54) is 22.2 Å². The quantitative estimate of drug-likeness (QED) is 0.194. The van der Waals surface area contributed by atoms with Gasteiger partial charge in [-0.1, -0.05) is 36.8 Å². The number of carbonyl (C=O) groups excluding carboxylic acids is 2. The molecule has 0 radical (unpaired) electrons. The summed E-state index contributed by atoms with van der Waals surface area (Å²) in [6, 6.07) is 23.3.